The number of unbranched alkanes of at least 4 members (excludes halogenated alkanes) is 2. The molecule has 3 saturated carbocycles. The summed E-state index contributed by atoms with van der Waals surface area (Å²) < 4.78 is 30.1. The number of urea groups is 1. The van der Waals surface area contributed by atoms with Crippen molar-refractivity contribution in [3.63, 3.8) is 0 Å². The van der Waals surface area contributed by atoms with Crippen LogP contribution < -0.4 is 37.2 Å². The van der Waals surface area contributed by atoms with Crippen molar-refractivity contribution in [2.75, 3.05) is 26.2 Å². The van der Waals surface area contributed by atoms with Crippen molar-refractivity contribution < 1.29 is 57.1 Å². The van der Waals surface area contributed by atoms with Gasteiger partial charge in [0.25, 0.3) is 0 Å². The minimum Gasteiger partial charge on any atom is -0.444 e. The molecule has 5 aliphatic rings. The molecule has 0 spiro atoms. The zero-order chi connectivity index (χ0) is 58.0. The average Bonchev–Trinajstić information content (AvgIpc) is 3.77. The molecule has 1 aromatic carbocycles. The number of benzene rings is 1. The number of carbonyl (C=O) groups excluding carboxylic acids is 7. The summed E-state index contributed by atoms with van der Waals surface area (Å²) in [7, 11) is -0.706. The van der Waals surface area contributed by atoms with Gasteiger partial charge >= 0.3 is 25.3 Å². The van der Waals surface area contributed by atoms with Crippen LogP contribution in [0.25, 0.3) is 0 Å². The zero-order valence-electron chi connectivity index (χ0n) is 49.5. The third kappa shape index (κ3) is 18.5. The molecule has 2 heterocycles. The van der Waals surface area contributed by atoms with Crippen molar-refractivity contribution in [1.29, 1.82) is 0 Å². The maximum absolute atomic E-state index is 14.5. The number of amides is 8. The van der Waals surface area contributed by atoms with Crippen LogP contribution in [-0.2, 0) is 42.7 Å². The lowest BCUT2D eigenvalue weighted by Crippen LogP contribution is -2.65. The molecular formula is C57H95BN8O12. The van der Waals surface area contributed by atoms with Crippen molar-refractivity contribution >= 4 is 49.0 Å². The fourth-order valence-corrected chi connectivity index (χ4v) is 11.3. The van der Waals surface area contributed by atoms with E-state index in [1.165, 1.54) is 12.5 Å². The number of hydrogen-bond donors (Lipinski definition) is 7. The van der Waals surface area contributed by atoms with E-state index >= 15 is 0 Å². The van der Waals surface area contributed by atoms with E-state index < -0.39 is 108 Å². The summed E-state index contributed by atoms with van der Waals surface area (Å²) in [6.45, 7) is 29.2. The normalized spacial score (nSPS) is 23.3. The van der Waals surface area contributed by atoms with E-state index in [1.54, 1.807) is 53.4 Å². The lowest BCUT2D eigenvalue weighted by atomic mass is 9.43. The Morgan fingerprint density at radius 1 is 0.667 bits per heavy atom. The third-order valence-corrected chi connectivity index (χ3v) is 15.6. The lowest BCUT2D eigenvalue weighted by molar-refractivity contribution is -0.199. The van der Waals surface area contributed by atoms with Gasteiger partial charge in [-0.3, -0.25) is 19.2 Å². The van der Waals surface area contributed by atoms with Crippen molar-refractivity contribution in [2.24, 2.45) is 17.3 Å². The van der Waals surface area contributed by atoms with Crippen LogP contribution in [0.5, 0.6) is 0 Å². The number of carbonyl (C=O) groups is 7. The van der Waals surface area contributed by atoms with E-state index in [0.29, 0.717) is 56.5 Å². The molecule has 6 rings (SSSR count). The van der Waals surface area contributed by atoms with Crippen LogP contribution in [-0.4, -0.2) is 145 Å². The number of likely N-dealkylation sites (tertiary alicyclic amines) is 1. The van der Waals surface area contributed by atoms with E-state index in [2.05, 4.69) is 70.1 Å². The van der Waals surface area contributed by atoms with Crippen molar-refractivity contribution in [2.45, 2.75) is 239 Å². The first-order valence-electron chi connectivity index (χ1n) is 28.5. The van der Waals surface area contributed by atoms with Crippen molar-refractivity contribution in [3.05, 3.63) is 35.9 Å². The standard InChI is InChI=1S/C57H95BN8O12/c1-35(46(67)63-41(25-19-21-29-59-51(72)75-54(7,8)9)47(68)62-37(3)58-77-44-34-40-33-43(56(40,13)14)57(44,15)78-58)61-49(70)45(36(2)74-53(4,5)6)65-48(69)42(26-20-22-30-60-52(73)76-55(10,11)12)64-50(71)66-31-27-39(28-32-66)38-23-17-16-18-24-38/h16-18,23-24,35-37,39-45H,19-22,25-34H2,1-15H3,(H,59,72)(H,60,73)(H,61,70)(H,62,68)(H,63,67)(H,64,71)(H,65,69)/t35-,36+,37-,40-,41-,42-,43-,44+,45-,57-/m0/s1. The summed E-state index contributed by atoms with van der Waals surface area (Å²) in [6, 6.07) is 5.06. The first kappa shape index (κ1) is 63.7. The Bertz CT molecular complexity index is 2210. The summed E-state index contributed by atoms with van der Waals surface area (Å²) in [5.74, 6) is -1.92. The Kier molecular flexibility index (Phi) is 21.9. The van der Waals surface area contributed by atoms with E-state index in [0.717, 1.165) is 25.7 Å². The highest BCUT2D eigenvalue weighted by Gasteiger charge is 2.68. The highest BCUT2D eigenvalue weighted by Crippen LogP contribution is 2.65. The fraction of sp³-hybridized carbons (Fsp3) is 0.772. The quantitative estimate of drug-likeness (QED) is 0.0442. The van der Waals surface area contributed by atoms with Gasteiger partial charge in [0.15, 0.2) is 0 Å². The molecule has 438 valence electrons. The van der Waals surface area contributed by atoms with Crippen LogP contribution in [0.4, 0.5) is 14.4 Å². The minimum atomic E-state index is -1.34. The highest BCUT2D eigenvalue weighted by molar-refractivity contribution is 6.47. The maximum Gasteiger partial charge on any atom is 0.481 e. The Morgan fingerprint density at radius 3 is 1.73 bits per heavy atom. The second-order valence-electron chi connectivity index (χ2n) is 25.9. The van der Waals surface area contributed by atoms with Gasteiger partial charge in [-0.25, -0.2) is 14.4 Å². The van der Waals surface area contributed by atoms with Gasteiger partial charge in [-0.2, -0.15) is 0 Å². The predicted molar refractivity (Wildman–Crippen MR) is 298 cm³/mol. The molecule has 21 heteroatoms. The molecule has 5 fully saturated rings. The number of alkyl carbamates (subject to hydrolysis) is 2. The molecule has 0 aromatic heterocycles. The molecule has 8 amide bonds. The first-order valence-corrected chi connectivity index (χ1v) is 28.5. The summed E-state index contributed by atoms with van der Waals surface area (Å²) in [4.78, 5) is 97.5. The molecular weight excluding hydrogens is 999 g/mol. The number of nitrogens with zero attached hydrogens (tertiary/aromatic N) is 1. The monoisotopic (exact) mass is 1090 g/mol. The smallest absolute Gasteiger partial charge is 0.444 e. The largest absolute Gasteiger partial charge is 0.481 e. The molecule has 0 radical (unpaired) electrons. The highest BCUT2D eigenvalue weighted by atomic mass is 16.7. The fourth-order valence-electron chi connectivity index (χ4n) is 11.3. The average molecular weight is 1100 g/mol. The maximum atomic E-state index is 14.5. The van der Waals surface area contributed by atoms with Gasteiger partial charge in [0.2, 0.25) is 23.6 Å². The summed E-state index contributed by atoms with van der Waals surface area (Å²) in [5.41, 5.74) is -1.25. The second kappa shape index (κ2) is 26.9. The first-order chi connectivity index (χ1) is 36.3. The Labute approximate surface area is 464 Å². The molecule has 20 nitrogen and oxygen atoms in total. The molecule has 2 aliphatic heterocycles. The molecule has 7 N–H and O–H groups in total. The molecule has 1 aromatic rings. The lowest BCUT2D eigenvalue weighted by Gasteiger charge is -2.64. The van der Waals surface area contributed by atoms with Gasteiger partial charge in [0.1, 0.15) is 35.4 Å². The van der Waals surface area contributed by atoms with Crippen LogP contribution >= 0.6 is 0 Å². The van der Waals surface area contributed by atoms with Crippen molar-refractivity contribution in [3.8, 4) is 0 Å². The second-order valence-corrected chi connectivity index (χ2v) is 25.9. The van der Waals surface area contributed by atoms with E-state index in [-0.39, 0.29) is 37.5 Å². The van der Waals surface area contributed by atoms with E-state index in [4.69, 9.17) is 23.5 Å². The van der Waals surface area contributed by atoms with Crippen LogP contribution in [0.3, 0.4) is 0 Å². The summed E-state index contributed by atoms with van der Waals surface area (Å²) in [6.07, 6.45) is 3.45. The molecule has 3 aliphatic carbocycles. The van der Waals surface area contributed by atoms with E-state index in [1.807, 2.05) is 45.9 Å². The number of hydrogen-bond acceptors (Lipinski definition) is 12. The molecule has 2 saturated heterocycles. The summed E-state index contributed by atoms with van der Waals surface area (Å²) in [5, 5.41) is 19.9. The number of piperidine rings is 1. The summed E-state index contributed by atoms with van der Waals surface area (Å²) >= 11 is 0. The third-order valence-electron chi connectivity index (χ3n) is 15.6. The Hall–Kier alpha value is -5.15. The van der Waals surface area contributed by atoms with Gasteiger partial charge in [-0.05, 0) is 183 Å². The minimum absolute atomic E-state index is 0.0981. The number of rotatable bonds is 23. The molecule has 10 atom stereocenters. The predicted octanol–water partition coefficient (Wildman–Crippen LogP) is 6.78. The van der Waals surface area contributed by atoms with Crippen LogP contribution in [0.15, 0.2) is 30.3 Å². The van der Waals surface area contributed by atoms with Gasteiger partial charge in [0, 0.05) is 26.2 Å². The topological polar surface area (TPSA) is 253 Å². The number of nitrogens with one attached hydrogen (secondary N) is 7. The van der Waals surface area contributed by atoms with Crippen molar-refractivity contribution in [1.82, 2.24) is 42.1 Å². The van der Waals surface area contributed by atoms with E-state index in [9.17, 15) is 33.6 Å². The van der Waals surface area contributed by atoms with Crippen LogP contribution in [0.1, 0.15) is 180 Å². The Balaban J connectivity index is 1.26. The van der Waals surface area contributed by atoms with Gasteiger partial charge < -0.3 is 65.6 Å². The SMILES string of the molecule is C[C@H](NC(=O)[C@H](CCCCNC(=O)OC(C)(C)C)NC(=O)[C@H](C)NC(=O)[C@@H](NC(=O)[C@H](CCCCNC(=O)OC(C)(C)C)NC(=O)N1CCC(c2ccccc2)CC1)[C@@H](C)OC(C)(C)C)B1O[C@@H]2C[C@@H]3C[C@@H](C3(C)C)[C@]2(C)O1. The van der Waals surface area contributed by atoms with Gasteiger partial charge in [-0.15, -0.1) is 0 Å². The zero-order valence-corrected chi connectivity index (χ0v) is 49.5. The molecule has 78 heavy (non-hydrogen) atoms. The van der Waals surface area contributed by atoms with Gasteiger partial charge in [0.05, 0.1) is 29.4 Å². The van der Waals surface area contributed by atoms with Gasteiger partial charge in [-0.1, -0.05) is 44.2 Å². The van der Waals surface area contributed by atoms with Crippen LogP contribution in [0, 0.1) is 17.3 Å². The Morgan fingerprint density at radius 2 is 1.21 bits per heavy atom. The number of ether oxygens (including phenoxy) is 3. The van der Waals surface area contributed by atoms with Crippen LogP contribution in [0.2, 0.25) is 0 Å². The molecule has 2 bridgehead atoms. The molecule has 0 unspecified atom stereocenters.